The molecule has 7 heteroatoms. The number of aryl methyl sites for hydroxylation is 1. The molecule has 2 N–H and O–H groups in total. The number of hydrogen-bond donors (Lipinski definition) is 2. The summed E-state index contributed by atoms with van der Waals surface area (Å²) in [4.78, 5) is 16.3. The number of hydrogen-bond acceptors (Lipinski definition) is 4. The Morgan fingerprint density at radius 3 is 2.91 bits per heavy atom. The lowest BCUT2D eigenvalue weighted by Crippen LogP contribution is -2.44. The fourth-order valence-electron chi connectivity index (χ4n) is 2.81. The molecule has 0 saturated carbocycles. The molecule has 0 radical (unpaired) electrons. The van der Waals surface area contributed by atoms with Gasteiger partial charge in [-0.3, -0.25) is 9.20 Å². The molecule has 0 atom stereocenters. The molecule has 0 aliphatic carbocycles. The Hall–Kier alpha value is -1.99. The van der Waals surface area contributed by atoms with Crippen molar-refractivity contribution in [3.8, 4) is 0 Å². The van der Waals surface area contributed by atoms with Crippen LogP contribution in [0.15, 0.2) is 18.3 Å². The lowest BCUT2D eigenvalue weighted by Gasteiger charge is -2.35. The molecule has 0 unspecified atom stereocenters. The van der Waals surface area contributed by atoms with Crippen LogP contribution in [0.1, 0.15) is 28.9 Å². The molecule has 1 fully saturated rings. The van der Waals surface area contributed by atoms with Crippen LogP contribution in [-0.2, 0) is 4.74 Å². The highest BCUT2D eigenvalue weighted by Crippen LogP contribution is 2.29. The van der Waals surface area contributed by atoms with Crippen LogP contribution in [0.4, 0.5) is 4.39 Å². The number of imidazole rings is 1. The summed E-state index contributed by atoms with van der Waals surface area (Å²) in [5.74, 6) is -1.24. The second-order valence-electron chi connectivity index (χ2n) is 6.14. The average molecular weight is 321 g/mol. The van der Waals surface area contributed by atoms with Gasteiger partial charge in [-0.25, -0.2) is 4.98 Å². The molecular weight excluding hydrogens is 301 g/mol. The smallest absolute Gasteiger partial charge is 0.274 e. The maximum atomic E-state index is 14.4. The molecule has 1 saturated heterocycles. The van der Waals surface area contributed by atoms with Crippen molar-refractivity contribution in [2.45, 2.75) is 19.8 Å². The van der Waals surface area contributed by atoms with E-state index in [0.717, 1.165) is 5.56 Å². The van der Waals surface area contributed by atoms with E-state index >= 15 is 0 Å². The number of pyridine rings is 1. The van der Waals surface area contributed by atoms with E-state index in [9.17, 15) is 14.3 Å². The second-order valence-corrected chi connectivity index (χ2v) is 6.14. The lowest BCUT2D eigenvalue weighted by atomic mass is 9.81. The quantitative estimate of drug-likeness (QED) is 0.890. The van der Waals surface area contributed by atoms with Gasteiger partial charge >= 0.3 is 0 Å². The highest BCUT2D eigenvalue weighted by atomic mass is 19.1. The molecule has 3 rings (SSSR count). The van der Waals surface area contributed by atoms with Crippen LogP contribution in [0.2, 0.25) is 0 Å². The second kappa shape index (κ2) is 6.25. The van der Waals surface area contributed by atoms with Gasteiger partial charge in [0.1, 0.15) is 5.65 Å². The summed E-state index contributed by atoms with van der Waals surface area (Å²) in [7, 11) is 0. The number of ether oxygens (including phenoxy) is 1. The van der Waals surface area contributed by atoms with Crippen molar-refractivity contribution in [1.29, 1.82) is 0 Å². The SMILES string of the molecule is Cc1ccc2nc(C(=O)NCC3(CO)CCOCC3)c(F)n2c1. The highest BCUT2D eigenvalue weighted by Gasteiger charge is 2.33. The van der Waals surface area contributed by atoms with Crippen molar-refractivity contribution >= 4 is 11.6 Å². The molecule has 6 nitrogen and oxygen atoms in total. The van der Waals surface area contributed by atoms with E-state index in [1.165, 1.54) is 4.40 Å². The first-order valence-corrected chi connectivity index (χ1v) is 7.66. The third-order valence-corrected chi connectivity index (χ3v) is 4.44. The minimum Gasteiger partial charge on any atom is -0.396 e. The van der Waals surface area contributed by atoms with E-state index in [1.807, 2.05) is 13.0 Å². The first-order chi connectivity index (χ1) is 11.0. The van der Waals surface area contributed by atoms with Gasteiger partial charge in [-0.05, 0) is 31.4 Å². The van der Waals surface area contributed by atoms with Crippen LogP contribution in [0, 0.1) is 18.3 Å². The van der Waals surface area contributed by atoms with Crippen molar-refractivity contribution in [1.82, 2.24) is 14.7 Å². The Morgan fingerprint density at radius 1 is 1.48 bits per heavy atom. The molecule has 2 aromatic heterocycles. The van der Waals surface area contributed by atoms with Gasteiger partial charge in [0, 0.05) is 31.4 Å². The minimum atomic E-state index is -0.675. The van der Waals surface area contributed by atoms with Gasteiger partial charge in [0.15, 0.2) is 5.69 Å². The standard InChI is InChI=1S/C16H20FN3O3/c1-11-2-3-12-19-13(14(17)20(12)8-11)15(22)18-9-16(10-21)4-6-23-7-5-16/h2-3,8,21H,4-7,9-10H2,1H3,(H,18,22). The van der Waals surface area contributed by atoms with Crippen LogP contribution in [-0.4, -0.2) is 46.8 Å². The Bertz CT molecular complexity index is 723. The summed E-state index contributed by atoms with van der Waals surface area (Å²) in [5, 5.41) is 12.3. The minimum absolute atomic E-state index is 0.0382. The lowest BCUT2D eigenvalue weighted by molar-refractivity contribution is -0.0146. The first kappa shape index (κ1) is 15.9. The van der Waals surface area contributed by atoms with E-state index in [2.05, 4.69) is 10.3 Å². The summed E-state index contributed by atoms with van der Waals surface area (Å²) < 4.78 is 20.9. The van der Waals surface area contributed by atoms with Gasteiger partial charge < -0.3 is 15.2 Å². The molecule has 1 aliphatic rings. The zero-order valence-corrected chi connectivity index (χ0v) is 13.0. The summed E-state index contributed by atoms with van der Waals surface area (Å²) in [5.41, 5.74) is 0.638. The summed E-state index contributed by atoms with van der Waals surface area (Å²) >= 11 is 0. The Balaban J connectivity index is 1.77. The number of nitrogens with zero attached hydrogens (tertiary/aromatic N) is 2. The number of aliphatic hydroxyl groups excluding tert-OH is 1. The van der Waals surface area contributed by atoms with Gasteiger partial charge in [-0.15, -0.1) is 0 Å². The predicted molar refractivity (Wildman–Crippen MR) is 81.8 cm³/mol. The fourth-order valence-corrected chi connectivity index (χ4v) is 2.81. The molecule has 1 aliphatic heterocycles. The molecule has 3 heterocycles. The molecule has 0 bridgehead atoms. The molecular formula is C16H20FN3O3. The summed E-state index contributed by atoms with van der Waals surface area (Å²) in [6, 6.07) is 3.48. The Morgan fingerprint density at radius 2 is 2.22 bits per heavy atom. The number of carbonyl (C=O) groups is 1. The molecule has 23 heavy (non-hydrogen) atoms. The third kappa shape index (κ3) is 3.07. The van der Waals surface area contributed by atoms with Crippen molar-refractivity contribution in [2.75, 3.05) is 26.4 Å². The first-order valence-electron chi connectivity index (χ1n) is 7.66. The average Bonchev–Trinajstić information content (AvgIpc) is 2.90. The predicted octanol–water partition coefficient (Wildman–Crippen LogP) is 1.30. The van der Waals surface area contributed by atoms with Crippen LogP contribution in [0.5, 0.6) is 0 Å². The number of nitrogens with one attached hydrogen (secondary N) is 1. The van der Waals surface area contributed by atoms with E-state index in [4.69, 9.17) is 4.74 Å². The van der Waals surface area contributed by atoms with Crippen LogP contribution in [0.3, 0.4) is 0 Å². The number of aliphatic hydroxyl groups is 1. The zero-order chi connectivity index (χ0) is 16.4. The molecule has 0 aromatic carbocycles. The van der Waals surface area contributed by atoms with Gasteiger partial charge in [-0.2, -0.15) is 4.39 Å². The maximum Gasteiger partial charge on any atom is 0.274 e. The van der Waals surface area contributed by atoms with Crippen LogP contribution >= 0.6 is 0 Å². The van der Waals surface area contributed by atoms with Gasteiger partial charge in [0.25, 0.3) is 5.91 Å². The Labute approximate surface area is 133 Å². The van der Waals surface area contributed by atoms with E-state index in [1.54, 1.807) is 12.3 Å². The summed E-state index contributed by atoms with van der Waals surface area (Å²) in [6.07, 6.45) is 2.93. The van der Waals surface area contributed by atoms with Crippen LogP contribution < -0.4 is 5.32 Å². The van der Waals surface area contributed by atoms with E-state index < -0.39 is 17.3 Å². The topological polar surface area (TPSA) is 75.9 Å². The van der Waals surface area contributed by atoms with Crippen molar-refractivity contribution in [2.24, 2.45) is 5.41 Å². The van der Waals surface area contributed by atoms with E-state index in [-0.39, 0.29) is 18.8 Å². The molecule has 124 valence electrons. The maximum absolute atomic E-state index is 14.4. The highest BCUT2D eigenvalue weighted by molar-refractivity contribution is 5.93. The van der Waals surface area contributed by atoms with Crippen molar-refractivity contribution < 1.29 is 19.0 Å². The third-order valence-electron chi connectivity index (χ3n) is 4.44. The van der Waals surface area contributed by atoms with Crippen molar-refractivity contribution in [3.05, 3.63) is 35.5 Å². The van der Waals surface area contributed by atoms with Gasteiger partial charge in [-0.1, -0.05) is 6.07 Å². The molecule has 2 aromatic rings. The number of rotatable bonds is 4. The largest absolute Gasteiger partial charge is 0.396 e. The van der Waals surface area contributed by atoms with E-state index in [0.29, 0.717) is 31.7 Å². The van der Waals surface area contributed by atoms with Crippen LogP contribution in [0.25, 0.3) is 5.65 Å². The zero-order valence-electron chi connectivity index (χ0n) is 13.0. The number of fused-ring (bicyclic) bond motifs is 1. The van der Waals surface area contributed by atoms with Gasteiger partial charge in [0.05, 0.1) is 6.61 Å². The molecule has 0 spiro atoms. The number of aromatic nitrogens is 2. The normalized spacial score (nSPS) is 17.3. The van der Waals surface area contributed by atoms with Gasteiger partial charge in [0.2, 0.25) is 5.95 Å². The number of halogens is 1. The number of carbonyl (C=O) groups excluding carboxylic acids is 1. The molecule has 1 amide bonds. The fraction of sp³-hybridized carbons (Fsp3) is 0.500. The number of amides is 1. The summed E-state index contributed by atoms with van der Waals surface area (Å²) in [6.45, 7) is 3.19. The van der Waals surface area contributed by atoms with Crippen molar-refractivity contribution in [3.63, 3.8) is 0 Å². The Kier molecular flexibility index (Phi) is 4.32. The monoisotopic (exact) mass is 321 g/mol.